The molecule has 2 aliphatic rings. The normalized spacial score (nSPS) is 27.6. The van der Waals surface area contributed by atoms with Gasteiger partial charge in [-0.15, -0.1) is 0 Å². The van der Waals surface area contributed by atoms with Gasteiger partial charge in [-0.2, -0.15) is 0 Å². The van der Waals surface area contributed by atoms with Gasteiger partial charge >= 0.3 is 5.97 Å². The third-order valence-electron chi connectivity index (χ3n) is 4.68. The molecule has 0 aliphatic heterocycles. The molecule has 4 heteroatoms. The van der Waals surface area contributed by atoms with E-state index >= 15 is 0 Å². The first-order valence-corrected chi connectivity index (χ1v) is 7.67. The number of aliphatic carboxylic acids is 1. The van der Waals surface area contributed by atoms with Crippen LogP contribution in [0.1, 0.15) is 64.2 Å². The molecule has 1 amide bonds. The second-order valence-electron chi connectivity index (χ2n) is 6.14. The van der Waals surface area contributed by atoms with Crippen molar-refractivity contribution >= 4 is 11.9 Å². The molecule has 0 atom stereocenters. The number of rotatable bonds is 6. The summed E-state index contributed by atoms with van der Waals surface area (Å²) in [6.45, 7) is 0. The van der Waals surface area contributed by atoms with Gasteiger partial charge in [-0.05, 0) is 44.4 Å². The molecule has 2 aliphatic carbocycles. The van der Waals surface area contributed by atoms with Gasteiger partial charge in [0.25, 0.3) is 0 Å². The minimum Gasteiger partial charge on any atom is -0.481 e. The summed E-state index contributed by atoms with van der Waals surface area (Å²) in [6, 6.07) is 0.201. The third-order valence-corrected chi connectivity index (χ3v) is 4.68. The van der Waals surface area contributed by atoms with Crippen LogP contribution in [0.5, 0.6) is 0 Å². The van der Waals surface area contributed by atoms with E-state index in [9.17, 15) is 9.59 Å². The van der Waals surface area contributed by atoms with E-state index in [-0.39, 0.29) is 17.9 Å². The highest BCUT2D eigenvalue weighted by Crippen LogP contribution is 2.30. The molecule has 108 valence electrons. The van der Waals surface area contributed by atoms with Crippen LogP contribution in [0.3, 0.4) is 0 Å². The van der Waals surface area contributed by atoms with Gasteiger partial charge < -0.3 is 10.4 Å². The molecule has 2 fully saturated rings. The van der Waals surface area contributed by atoms with Crippen LogP contribution >= 0.6 is 0 Å². The van der Waals surface area contributed by atoms with Crippen LogP contribution in [0.15, 0.2) is 0 Å². The average molecular weight is 267 g/mol. The van der Waals surface area contributed by atoms with E-state index in [1.807, 2.05) is 0 Å². The van der Waals surface area contributed by atoms with Crippen molar-refractivity contribution in [2.24, 2.45) is 11.8 Å². The van der Waals surface area contributed by atoms with Crippen LogP contribution < -0.4 is 5.32 Å². The molecule has 0 radical (unpaired) electrons. The lowest BCUT2D eigenvalue weighted by Gasteiger charge is -2.27. The number of carbonyl (C=O) groups excluding carboxylic acids is 1. The zero-order valence-electron chi connectivity index (χ0n) is 11.6. The molecule has 2 saturated carbocycles. The lowest BCUT2D eigenvalue weighted by Crippen LogP contribution is -2.38. The Balaban J connectivity index is 1.56. The monoisotopic (exact) mass is 267 g/mol. The van der Waals surface area contributed by atoms with E-state index in [0.29, 0.717) is 19.3 Å². The predicted molar refractivity (Wildman–Crippen MR) is 72.7 cm³/mol. The third kappa shape index (κ3) is 4.51. The van der Waals surface area contributed by atoms with Crippen LogP contribution in [0.2, 0.25) is 0 Å². The first kappa shape index (κ1) is 14.4. The minimum absolute atomic E-state index is 0.151. The zero-order valence-corrected chi connectivity index (χ0v) is 11.6. The maximum Gasteiger partial charge on any atom is 0.306 e. The Bertz CT molecular complexity index is 317. The fraction of sp³-hybridized carbons (Fsp3) is 0.867. The number of hydrogen-bond donors (Lipinski definition) is 2. The number of carboxylic acids is 1. The van der Waals surface area contributed by atoms with Gasteiger partial charge in [-0.25, -0.2) is 0 Å². The van der Waals surface area contributed by atoms with Gasteiger partial charge in [-0.1, -0.05) is 19.3 Å². The summed E-state index contributed by atoms with van der Waals surface area (Å²) in [4.78, 5) is 22.6. The summed E-state index contributed by atoms with van der Waals surface area (Å²) in [6.07, 6.45) is 9.90. The van der Waals surface area contributed by atoms with Gasteiger partial charge in [0.1, 0.15) is 0 Å². The molecule has 0 aromatic heterocycles. The SMILES string of the molecule is O=C(CCCC1CCC1)NC1CCC(C(=O)O)CC1. The van der Waals surface area contributed by atoms with Crippen molar-refractivity contribution in [3.05, 3.63) is 0 Å². The molecule has 0 saturated heterocycles. The lowest BCUT2D eigenvalue weighted by molar-refractivity contribution is -0.142. The first-order chi connectivity index (χ1) is 9.15. The highest BCUT2D eigenvalue weighted by molar-refractivity contribution is 5.76. The first-order valence-electron chi connectivity index (χ1n) is 7.67. The summed E-state index contributed by atoms with van der Waals surface area (Å²) < 4.78 is 0. The van der Waals surface area contributed by atoms with Crippen LogP contribution in [-0.2, 0) is 9.59 Å². The molecule has 0 spiro atoms. The molecule has 0 aromatic rings. The Hall–Kier alpha value is -1.06. The molecule has 0 heterocycles. The standard InChI is InChI=1S/C15H25NO3/c17-14(6-2-5-11-3-1-4-11)16-13-9-7-12(8-10-13)15(18)19/h11-13H,1-10H2,(H,16,17)(H,18,19). The molecular formula is C15H25NO3. The van der Waals surface area contributed by atoms with Gasteiger partial charge in [0.15, 0.2) is 0 Å². The molecular weight excluding hydrogens is 242 g/mol. The molecule has 4 nitrogen and oxygen atoms in total. The number of nitrogens with one attached hydrogen (secondary N) is 1. The van der Waals surface area contributed by atoms with Crippen molar-refractivity contribution in [3.8, 4) is 0 Å². The maximum atomic E-state index is 11.8. The summed E-state index contributed by atoms with van der Waals surface area (Å²) in [5.41, 5.74) is 0. The summed E-state index contributed by atoms with van der Waals surface area (Å²) >= 11 is 0. The predicted octanol–water partition coefficient (Wildman–Crippen LogP) is 2.72. The maximum absolute atomic E-state index is 11.8. The van der Waals surface area contributed by atoms with Crippen molar-refractivity contribution in [1.82, 2.24) is 5.32 Å². The van der Waals surface area contributed by atoms with E-state index in [1.54, 1.807) is 0 Å². The summed E-state index contributed by atoms with van der Waals surface area (Å²) in [7, 11) is 0. The van der Waals surface area contributed by atoms with E-state index in [4.69, 9.17) is 5.11 Å². The van der Waals surface area contributed by atoms with Crippen LogP contribution in [0.4, 0.5) is 0 Å². The molecule has 0 aromatic carbocycles. The highest BCUT2D eigenvalue weighted by atomic mass is 16.4. The van der Waals surface area contributed by atoms with Crippen LogP contribution in [-0.4, -0.2) is 23.0 Å². The minimum atomic E-state index is -0.690. The quantitative estimate of drug-likeness (QED) is 0.777. The largest absolute Gasteiger partial charge is 0.481 e. The Morgan fingerprint density at radius 3 is 2.26 bits per heavy atom. The van der Waals surface area contributed by atoms with Gasteiger partial charge in [0.05, 0.1) is 5.92 Å². The van der Waals surface area contributed by atoms with Crippen molar-refractivity contribution < 1.29 is 14.7 Å². The van der Waals surface area contributed by atoms with Crippen molar-refractivity contribution in [2.75, 3.05) is 0 Å². The lowest BCUT2D eigenvalue weighted by atomic mass is 9.82. The van der Waals surface area contributed by atoms with Gasteiger partial charge in [0.2, 0.25) is 5.91 Å². The summed E-state index contributed by atoms with van der Waals surface area (Å²) in [5, 5.41) is 12.0. The van der Waals surface area contributed by atoms with Crippen molar-refractivity contribution in [3.63, 3.8) is 0 Å². The Kier molecular flexibility index (Phi) is 5.23. The van der Waals surface area contributed by atoms with Crippen LogP contribution in [0, 0.1) is 11.8 Å². The second-order valence-corrected chi connectivity index (χ2v) is 6.14. The van der Waals surface area contributed by atoms with Gasteiger partial charge in [-0.3, -0.25) is 9.59 Å². The van der Waals surface area contributed by atoms with Crippen molar-refractivity contribution in [2.45, 2.75) is 70.3 Å². The topological polar surface area (TPSA) is 66.4 Å². The zero-order chi connectivity index (χ0) is 13.7. The fourth-order valence-electron chi connectivity index (χ4n) is 3.12. The van der Waals surface area contributed by atoms with E-state index in [1.165, 1.54) is 25.7 Å². The number of hydrogen-bond acceptors (Lipinski definition) is 2. The molecule has 0 unspecified atom stereocenters. The van der Waals surface area contributed by atoms with Gasteiger partial charge in [0, 0.05) is 12.5 Å². The smallest absolute Gasteiger partial charge is 0.306 e. The van der Waals surface area contributed by atoms with Crippen LogP contribution in [0.25, 0.3) is 0 Å². The van der Waals surface area contributed by atoms with E-state index in [2.05, 4.69) is 5.32 Å². The average Bonchev–Trinajstić information content (AvgIpc) is 2.33. The fourth-order valence-corrected chi connectivity index (χ4v) is 3.12. The van der Waals surface area contributed by atoms with E-state index in [0.717, 1.165) is 25.2 Å². The summed E-state index contributed by atoms with van der Waals surface area (Å²) in [5.74, 6) is 0.133. The molecule has 0 bridgehead atoms. The van der Waals surface area contributed by atoms with E-state index < -0.39 is 5.97 Å². The molecule has 19 heavy (non-hydrogen) atoms. The number of amides is 1. The number of carboxylic acid groups (broad SMARTS) is 1. The second kappa shape index (κ2) is 6.92. The Morgan fingerprint density at radius 2 is 1.74 bits per heavy atom. The Labute approximate surface area is 115 Å². The Morgan fingerprint density at radius 1 is 1.05 bits per heavy atom. The highest BCUT2D eigenvalue weighted by Gasteiger charge is 2.26. The number of carbonyl (C=O) groups is 2. The molecule has 2 rings (SSSR count). The van der Waals surface area contributed by atoms with Crippen molar-refractivity contribution in [1.29, 1.82) is 0 Å². The molecule has 2 N–H and O–H groups in total.